The molecule has 0 fully saturated rings. The minimum absolute atomic E-state index is 0. The third-order valence-electron chi connectivity index (χ3n) is 7.06. The van der Waals surface area contributed by atoms with Crippen molar-refractivity contribution < 1.29 is 45.7 Å². The van der Waals surface area contributed by atoms with Gasteiger partial charge in [0.2, 0.25) is 0 Å². The summed E-state index contributed by atoms with van der Waals surface area (Å²) in [5.74, 6) is -0.0641. The van der Waals surface area contributed by atoms with Crippen LogP contribution in [0, 0.1) is 5.92 Å². The molecule has 2 aromatic carbocycles. The van der Waals surface area contributed by atoms with E-state index in [2.05, 4.69) is 81.6 Å². The first-order valence-corrected chi connectivity index (χ1v) is 21.0. The van der Waals surface area contributed by atoms with Crippen molar-refractivity contribution in [3.8, 4) is 0 Å². The van der Waals surface area contributed by atoms with Crippen LogP contribution in [0.15, 0.2) is 48.6 Å². The molecule has 0 radical (unpaired) electrons. The summed E-state index contributed by atoms with van der Waals surface area (Å²) in [5.41, 5.74) is 11.4. The third kappa shape index (κ3) is 4.03. The molecule has 2 atom stereocenters. The Morgan fingerprint density at radius 1 is 0.933 bits per heavy atom. The molecule has 0 saturated heterocycles. The Morgan fingerprint density at radius 2 is 1.63 bits per heavy atom. The van der Waals surface area contributed by atoms with E-state index < -0.39 is 26.8 Å². The molecule has 5 rings (SSSR count). The van der Waals surface area contributed by atoms with Crippen molar-refractivity contribution in [1.82, 2.24) is 0 Å². The average molecular weight is 534 g/mol. The molecule has 3 aliphatic rings. The van der Waals surface area contributed by atoms with Gasteiger partial charge < -0.3 is 24.8 Å². The summed E-state index contributed by atoms with van der Waals surface area (Å²) >= 11 is -1.75. The summed E-state index contributed by atoms with van der Waals surface area (Å²) in [7, 11) is 0. The molecule has 0 heterocycles. The third-order valence-corrected chi connectivity index (χ3v) is 28.4. The summed E-state index contributed by atoms with van der Waals surface area (Å²) in [4.78, 5) is 0. The Labute approximate surface area is 203 Å². The molecule has 4 heteroatoms. The number of rotatable bonds is 4. The smallest absolute Gasteiger partial charge is 1.00 e. The number of hydrogen-bond donors (Lipinski definition) is 0. The van der Waals surface area contributed by atoms with Crippen molar-refractivity contribution >= 4 is 17.6 Å². The Kier molecular flexibility index (Phi) is 7.77. The van der Waals surface area contributed by atoms with Crippen LogP contribution in [0.3, 0.4) is 0 Å². The second-order valence-corrected chi connectivity index (χ2v) is 29.7. The van der Waals surface area contributed by atoms with Gasteiger partial charge in [0.05, 0.1) is 0 Å². The van der Waals surface area contributed by atoms with Crippen molar-refractivity contribution in [2.75, 3.05) is 0 Å². The maximum atomic E-state index is 2.73. The number of aryl methyl sites for hydroxylation is 2. The van der Waals surface area contributed by atoms with Crippen LogP contribution >= 0.6 is 0 Å². The van der Waals surface area contributed by atoms with Gasteiger partial charge in [-0.2, -0.15) is 0 Å². The van der Waals surface area contributed by atoms with E-state index in [1.165, 1.54) is 19.3 Å². The predicted molar refractivity (Wildman–Crippen MR) is 121 cm³/mol. The summed E-state index contributed by atoms with van der Waals surface area (Å²) in [6, 6.07) is 14.5. The first-order chi connectivity index (χ1) is 13.5. The number of benzene rings is 2. The molecule has 2 unspecified atom stereocenters. The Bertz CT molecular complexity index is 993. The van der Waals surface area contributed by atoms with Crippen LogP contribution in [0.5, 0.6) is 0 Å². The van der Waals surface area contributed by atoms with E-state index in [0.717, 1.165) is 7.25 Å². The average Bonchev–Trinajstić information content (AvgIpc) is 3.37. The van der Waals surface area contributed by atoms with Crippen molar-refractivity contribution in [3.63, 3.8) is 0 Å². The van der Waals surface area contributed by atoms with Gasteiger partial charge in [0.1, 0.15) is 0 Å². The molecule has 157 valence electrons. The fourth-order valence-corrected chi connectivity index (χ4v) is 26.8. The van der Waals surface area contributed by atoms with Gasteiger partial charge in [0, 0.05) is 0 Å². The van der Waals surface area contributed by atoms with Gasteiger partial charge in [-0.25, -0.2) is 0 Å². The monoisotopic (exact) mass is 531 g/mol. The fraction of sp³-hybridized carbons (Fsp3) is 0.385. The van der Waals surface area contributed by atoms with Crippen molar-refractivity contribution in [3.05, 3.63) is 81.9 Å². The number of hydrogen-bond acceptors (Lipinski definition) is 0. The zero-order valence-corrected chi connectivity index (χ0v) is 23.5. The fourth-order valence-electron chi connectivity index (χ4n) is 5.75. The normalized spacial score (nSPS) is 20.4. The van der Waals surface area contributed by atoms with Crippen LogP contribution in [0.25, 0.3) is 11.6 Å². The van der Waals surface area contributed by atoms with E-state index >= 15 is 0 Å². The molecule has 0 aromatic heterocycles. The standard InChI is InChI=1S/C12H11.C12H13.C2H7Si.2ClH.Zr/c1-3-9-7-11-5-2-6-12(11)8-10(9)4-1;1-9(2)11-8-7-10-5-3-4-6-12(10)11;1-3-2;;;/h1,3-4,7-8H,2,5-6H2;3-9H,1-2H3;3H,1-2H3;2*1H;/q;;;;;+2/p-2. The predicted octanol–water partition coefficient (Wildman–Crippen LogP) is 0.647. The molecule has 3 aliphatic carbocycles. The zero-order valence-electron chi connectivity index (χ0n) is 18.4. The van der Waals surface area contributed by atoms with Gasteiger partial charge in [0.25, 0.3) is 0 Å². The van der Waals surface area contributed by atoms with Crippen molar-refractivity contribution in [1.29, 1.82) is 0 Å². The van der Waals surface area contributed by atoms with E-state index in [9.17, 15) is 0 Å². The minimum Gasteiger partial charge on any atom is -1.00 e. The Morgan fingerprint density at radius 3 is 2.33 bits per heavy atom. The molecular weight excluding hydrogens is 503 g/mol. The van der Waals surface area contributed by atoms with E-state index in [0.29, 0.717) is 5.92 Å². The molecule has 30 heavy (non-hydrogen) atoms. The second kappa shape index (κ2) is 9.62. The maximum Gasteiger partial charge on any atom is -1.00 e. The van der Waals surface area contributed by atoms with E-state index in [4.69, 9.17) is 0 Å². The van der Waals surface area contributed by atoms with Crippen LogP contribution in [0.1, 0.15) is 60.9 Å². The first kappa shape index (κ1) is 24.2. The second-order valence-electron chi connectivity index (χ2n) is 9.44. The molecule has 0 saturated carbocycles. The molecule has 0 nitrogen and oxygen atoms in total. The molecule has 0 aliphatic heterocycles. The largest absolute Gasteiger partial charge is 1.00 e. The Hall–Kier alpha value is -0.400. The van der Waals surface area contributed by atoms with Gasteiger partial charge >= 0.3 is 180 Å². The van der Waals surface area contributed by atoms with Gasteiger partial charge in [0.15, 0.2) is 0 Å². The summed E-state index contributed by atoms with van der Waals surface area (Å²) in [6.45, 7) is 10.0. The van der Waals surface area contributed by atoms with E-state index in [1.807, 2.05) is 0 Å². The first-order valence-electron chi connectivity index (χ1n) is 11.1. The van der Waals surface area contributed by atoms with Gasteiger partial charge in [-0.1, -0.05) is 0 Å². The molecule has 0 amide bonds. The van der Waals surface area contributed by atoms with Crippen molar-refractivity contribution in [2.45, 2.75) is 53.5 Å². The van der Waals surface area contributed by atoms with Gasteiger partial charge in [-0.15, -0.1) is 0 Å². The summed E-state index contributed by atoms with van der Waals surface area (Å²) in [5, 5.41) is 0. The van der Waals surface area contributed by atoms with E-state index in [1.54, 1.807) is 39.0 Å². The number of fused-ring (bicyclic) bond motifs is 3. The van der Waals surface area contributed by atoms with Crippen LogP contribution in [-0.2, 0) is 33.8 Å². The van der Waals surface area contributed by atoms with Crippen molar-refractivity contribution in [2.24, 2.45) is 5.92 Å². The topological polar surface area (TPSA) is 0 Å². The Balaban J connectivity index is 0.00000128. The molecule has 0 spiro atoms. The van der Waals surface area contributed by atoms with Gasteiger partial charge in [-0.05, 0) is 0 Å². The molecule has 0 N–H and O–H groups in total. The van der Waals surface area contributed by atoms with Crippen LogP contribution in [0.2, 0.25) is 13.1 Å². The number of halogens is 2. The SMILES string of the molecule is CC(C)C1=C[CH]([Zr+2]([CH]2C=Cc3cc4c(cc32)CCC4)[SiH](C)C)c2ccccc21.[Cl-].[Cl-]. The number of allylic oxidation sites excluding steroid dienone is 3. The van der Waals surface area contributed by atoms with Crippen LogP contribution < -0.4 is 24.8 Å². The maximum absolute atomic E-state index is 2.73. The van der Waals surface area contributed by atoms with E-state index in [-0.39, 0.29) is 24.8 Å². The van der Waals surface area contributed by atoms with Crippen LogP contribution in [0.4, 0.5) is 0 Å². The molecule has 2 aromatic rings. The zero-order chi connectivity index (χ0) is 19.4. The molecular formula is C26H31Cl2SiZr. The summed E-state index contributed by atoms with van der Waals surface area (Å²) in [6.07, 6.45) is 11.8. The summed E-state index contributed by atoms with van der Waals surface area (Å²) < 4.78 is 1.56. The quantitative estimate of drug-likeness (QED) is 0.507. The van der Waals surface area contributed by atoms with Crippen LogP contribution in [-0.4, -0.2) is 5.92 Å². The molecule has 0 bridgehead atoms. The van der Waals surface area contributed by atoms with Gasteiger partial charge in [-0.3, -0.25) is 0 Å². The minimum atomic E-state index is -1.75.